The number of nitrogens with one attached hydrogen (secondary N) is 1. The van der Waals surface area contributed by atoms with Gasteiger partial charge in [-0.1, -0.05) is 19.1 Å². The highest BCUT2D eigenvalue weighted by molar-refractivity contribution is 5.39. The summed E-state index contributed by atoms with van der Waals surface area (Å²) >= 11 is 0. The smallest absolute Gasteiger partial charge is 0.161 e. The first-order valence-corrected chi connectivity index (χ1v) is 5.93. The molecule has 0 saturated carbocycles. The molecule has 0 aliphatic carbocycles. The fourth-order valence-electron chi connectivity index (χ4n) is 1.40. The number of para-hydroxylation sites is 2. The SMILES string of the molecule is CCNCCCOc1ccccc1OCC. The highest BCUT2D eigenvalue weighted by atomic mass is 16.5. The van der Waals surface area contributed by atoms with Crippen LogP contribution >= 0.6 is 0 Å². The van der Waals surface area contributed by atoms with Crippen molar-refractivity contribution in [2.45, 2.75) is 20.3 Å². The van der Waals surface area contributed by atoms with E-state index in [0.717, 1.165) is 37.6 Å². The highest BCUT2D eigenvalue weighted by Gasteiger charge is 2.02. The topological polar surface area (TPSA) is 30.5 Å². The Morgan fingerprint density at radius 1 is 1.06 bits per heavy atom. The van der Waals surface area contributed by atoms with Gasteiger partial charge in [-0.05, 0) is 38.6 Å². The largest absolute Gasteiger partial charge is 0.490 e. The maximum atomic E-state index is 5.67. The fourth-order valence-corrected chi connectivity index (χ4v) is 1.40. The summed E-state index contributed by atoms with van der Waals surface area (Å²) in [6.07, 6.45) is 1.01. The summed E-state index contributed by atoms with van der Waals surface area (Å²) in [5.41, 5.74) is 0. The molecule has 0 amide bonds. The lowest BCUT2D eigenvalue weighted by molar-refractivity contribution is 0.272. The van der Waals surface area contributed by atoms with Crippen molar-refractivity contribution in [1.29, 1.82) is 0 Å². The Morgan fingerprint density at radius 3 is 2.38 bits per heavy atom. The van der Waals surface area contributed by atoms with Crippen LogP contribution in [0, 0.1) is 0 Å². The zero-order chi connectivity index (χ0) is 11.6. The van der Waals surface area contributed by atoms with Crippen molar-refractivity contribution in [1.82, 2.24) is 5.32 Å². The van der Waals surface area contributed by atoms with Gasteiger partial charge in [0.25, 0.3) is 0 Å². The third-order valence-corrected chi connectivity index (χ3v) is 2.15. The van der Waals surface area contributed by atoms with E-state index in [4.69, 9.17) is 9.47 Å². The fraction of sp³-hybridized carbons (Fsp3) is 0.538. The van der Waals surface area contributed by atoms with Gasteiger partial charge in [-0.2, -0.15) is 0 Å². The van der Waals surface area contributed by atoms with Gasteiger partial charge in [0.05, 0.1) is 13.2 Å². The highest BCUT2D eigenvalue weighted by Crippen LogP contribution is 2.26. The maximum Gasteiger partial charge on any atom is 0.161 e. The van der Waals surface area contributed by atoms with Gasteiger partial charge in [0.2, 0.25) is 0 Å². The molecule has 90 valence electrons. The monoisotopic (exact) mass is 223 g/mol. The lowest BCUT2D eigenvalue weighted by Gasteiger charge is -2.11. The Balaban J connectivity index is 2.34. The molecule has 0 aromatic heterocycles. The lowest BCUT2D eigenvalue weighted by atomic mass is 10.3. The molecule has 0 fully saturated rings. The number of hydrogen-bond acceptors (Lipinski definition) is 3. The summed E-state index contributed by atoms with van der Waals surface area (Å²) in [7, 11) is 0. The van der Waals surface area contributed by atoms with Crippen molar-refractivity contribution in [3.63, 3.8) is 0 Å². The van der Waals surface area contributed by atoms with Gasteiger partial charge < -0.3 is 14.8 Å². The molecule has 0 spiro atoms. The van der Waals surface area contributed by atoms with Crippen LogP contribution in [-0.4, -0.2) is 26.3 Å². The molecule has 0 heterocycles. The molecule has 1 aromatic rings. The zero-order valence-corrected chi connectivity index (χ0v) is 10.2. The number of rotatable bonds is 8. The molecule has 0 aliphatic heterocycles. The molecule has 3 nitrogen and oxygen atoms in total. The van der Waals surface area contributed by atoms with Gasteiger partial charge in [0, 0.05) is 0 Å². The minimum atomic E-state index is 0.664. The first kappa shape index (κ1) is 12.8. The van der Waals surface area contributed by atoms with Crippen molar-refractivity contribution < 1.29 is 9.47 Å². The summed E-state index contributed by atoms with van der Waals surface area (Å²) in [6, 6.07) is 7.79. The van der Waals surface area contributed by atoms with Gasteiger partial charge >= 0.3 is 0 Å². The minimum Gasteiger partial charge on any atom is -0.490 e. The van der Waals surface area contributed by atoms with Crippen LogP contribution < -0.4 is 14.8 Å². The van der Waals surface area contributed by atoms with Crippen molar-refractivity contribution in [2.75, 3.05) is 26.3 Å². The molecule has 1 rings (SSSR count). The molecule has 3 heteroatoms. The first-order valence-electron chi connectivity index (χ1n) is 5.93. The molecule has 0 radical (unpaired) electrons. The average molecular weight is 223 g/mol. The van der Waals surface area contributed by atoms with Crippen LogP contribution in [0.2, 0.25) is 0 Å². The van der Waals surface area contributed by atoms with Crippen LogP contribution in [0.4, 0.5) is 0 Å². The molecule has 0 bridgehead atoms. The van der Waals surface area contributed by atoms with Crippen molar-refractivity contribution in [3.05, 3.63) is 24.3 Å². The maximum absolute atomic E-state index is 5.67. The van der Waals surface area contributed by atoms with Crippen LogP contribution in [0.25, 0.3) is 0 Å². The van der Waals surface area contributed by atoms with Crippen LogP contribution in [0.5, 0.6) is 11.5 Å². The van der Waals surface area contributed by atoms with Crippen LogP contribution in [0.3, 0.4) is 0 Å². The van der Waals surface area contributed by atoms with E-state index in [1.54, 1.807) is 0 Å². The predicted molar refractivity (Wildman–Crippen MR) is 66.3 cm³/mol. The molecule has 0 aliphatic rings. The van der Waals surface area contributed by atoms with Crippen LogP contribution in [0.1, 0.15) is 20.3 Å². The number of ether oxygens (including phenoxy) is 2. The summed E-state index contributed by atoms with van der Waals surface area (Å²) in [5.74, 6) is 1.66. The Morgan fingerprint density at radius 2 is 1.75 bits per heavy atom. The van der Waals surface area contributed by atoms with Crippen molar-refractivity contribution >= 4 is 0 Å². The molecular formula is C13H21NO2. The van der Waals surface area contributed by atoms with E-state index in [1.165, 1.54) is 0 Å². The van der Waals surface area contributed by atoms with Crippen molar-refractivity contribution in [3.8, 4) is 11.5 Å². The van der Waals surface area contributed by atoms with E-state index in [9.17, 15) is 0 Å². The molecule has 0 saturated heterocycles. The summed E-state index contributed by atoms with van der Waals surface area (Å²) < 4.78 is 11.1. The van der Waals surface area contributed by atoms with Crippen LogP contribution in [-0.2, 0) is 0 Å². The zero-order valence-electron chi connectivity index (χ0n) is 10.2. The second-order valence-corrected chi connectivity index (χ2v) is 3.44. The summed E-state index contributed by atoms with van der Waals surface area (Å²) in [4.78, 5) is 0. The third-order valence-electron chi connectivity index (χ3n) is 2.15. The average Bonchev–Trinajstić information content (AvgIpc) is 2.31. The molecule has 0 atom stereocenters. The van der Waals surface area contributed by atoms with Gasteiger partial charge in [-0.25, -0.2) is 0 Å². The second-order valence-electron chi connectivity index (χ2n) is 3.44. The lowest BCUT2D eigenvalue weighted by Crippen LogP contribution is -2.16. The normalized spacial score (nSPS) is 10.1. The quantitative estimate of drug-likeness (QED) is 0.687. The molecule has 1 aromatic carbocycles. The molecular weight excluding hydrogens is 202 g/mol. The number of hydrogen-bond donors (Lipinski definition) is 1. The number of benzene rings is 1. The van der Waals surface area contributed by atoms with E-state index in [2.05, 4.69) is 12.2 Å². The van der Waals surface area contributed by atoms with Crippen molar-refractivity contribution in [2.24, 2.45) is 0 Å². The van der Waals surface area contributed by atoms with Gasteiger partial charge in [-0.3, -0.25) is 0 Å². The Labute approximate surface area is 97.8 Å². The standard InChI is InChI=1S/C13H21NO2/c1-3-14-10-7-11-16-13-9-6-5-8-12(13)15-4-2/h5-6,8-9,14H,3-4,7,10-11H2,1-2H3. The Bertz CT molecular complexity index is 289. The van der Waals surface area contributed by atoms with E-state index in [0.29, 0.717) is 6.61 Å². The molecule has 0 unspecified atom stereocenters. The second kappa shape index (κ2) is 7.99. The predicted octanol–water partition coefficient (Wildman–Crippen LogP) is 2.46. The summed E-state index contributed by atoms with van der Waals surface area (Å²) in [5, 5.41) is 3.26. The van der Waals surface area contributed by atoms with E-state index < -0.39 is 0 Å². The summed E-state index contributed by atoms with van der Waals surface area (Å²) in [6.45, 7) is 7.46. The van der Waals surface area contributed by atoms with Gasteiger partial charge in [0.15, 0.2) is 11.5 Å². The van der Waals surface area contributed by atoms with Gasteiger partial charge in [0.1, 0.15) is 0 Å². The molecule has 16 heavy (non-hydrogen) atoms. The van der Waals surface area contributed by atoms with E-state index in [1.807, 2.05) is 31.2 Å². The first-order chi connectivity index (χ1) is 7.88. The molecule has 1 N–H and O–H groups in total. The third kappa shape index (κ3) is 4.53. The van der Waals surface area contributed by atoms with Gasteiger partial charge in [-0.15, -0.1) is 0 Å². The minimum absolute atomic E-state index is 0.664. The Kier molecular flexibility index (Phi) is 6.42. The van der Waals surface area contributed by atoms with Crippen LogP contribution in [0.15, 0.2) is 24.3 Å². The van der Waals surface area contributed by atoms with E-state index >= 15 is 0 Å². The Hall–Kier alpha value is -1.22. The van der Waals surface area contributed by atoms with E-state index in [-0.39, 0.29) is 0 Å².